The summed E-state index contributed by atoms with van der Waals surface area (Å²) >= 11 is 0. The van der Waals surface area contributed by atoms with Gasteiger partial charge in [-0.1, -0.05) is 85.6 Å². The Morgan fingerprint density at radius 1 is 0.911 bits per heavy atom. The Kier molecular flexibility index (Phi) is 9.64. The number of allylic oxidation sites excluding steroid dienone is 2. The lowest BCUT2D eigenvalue weighted by Gasteiger charge is -2.68. The smallest absolute Gasteiger partial charge is 0.159 e. The number of aliphatic hydroxyl groups excluding tert-OH is 1. The molecule has 0 unspecified atom stereocenters. The van der Waals surface area contributed by atoms with Crippen LogP contribution in [0.2, 0.25) is 0 Å². The summed E-state index contributed by atoms with van der Waals surface area (Å²) in [5.41, 5.74) is 11.8. The van der Waals surface area contributed by atoms with Crippen LogP contribution in [0.15, 0.2) is 53.6 Å². The second kappa shape index (κ2) is 13.5. The molecule has 0 spiro atoms. The molecule has 1 heterocycles. The molecule has 8 rings (SSSR count). The number of phenols is 1. The maximum Gasteiger partial charge on any atom is 0.159 e. The number of nitrogens with two attached hydrogens (primary N) is 1. The highest BCUT2D eigenvalue weighted by molar-refractivity contribution is 6.00. The van der Waals surface area contributed by atoms with Gasteiger partial charge in [0.2, 0.25) is 0 Å². The molecular weight excluding hydrogens is 695 g/mol. The minimum absolute atomic E-state index is 0.0527. The summed E-state index contributed by atoms with van der Waals surface area (Å²) in [6.45, 7) is 20.5. The molecule has 1 saturated heterocycles. The van der Waals surface area contributed by atoms with Crippen LogP contribution in [0.1, 0.15) is 155 Å². The van der Waals surface area contributed by atoms with Crippen LogP contribution in [0.25, 0.3) is 0 Å². The summed E-state index contributed by atoms with van der Waals surface area (Å²) in [5, 5.41) is 22.3. The fourth-order valence-electron chi connectivity index (χ4n) is 14.9. The lowest BCUT2D eigenvalue weighted by molar-refractivity contribution is -0.183. The van der Waals surface area contributed by atoms with Crippen molar-refractivity contribution in [3.8, 4) is 5.75 Å². The zero-order chi connectivity index (χ0) is 40.3. The molecule has 6 nitrogen and oxygen atoms in total. The fourth-order valence-corrected chi connectivity index (χ4v) is 14.9. The first-order chi connectivity index (χ1) is 26.2. The molecule has 0 aromatic heterocycles. The van der Waals surface area contributed by atoms with E-state index in [0.717, 1.165) is 74.6 Å². The maximum atomic E-state index is 14.4. The Morgan fingerprint density at radius 3 is 2.38 bits per heavy atom. The van der Waals surface area contributed by atoms with Gasteiger partial charge in [-0.3, -0.25) is 9.59 Å². The number of phenolic OH excluding ortho intramolecular Hbond substituents is 1. The van der Waals surface area contributed by atoms with Crippen molar-refractivity contribution in [1.82, 2.24) is 0 Å². The zero-order valence-corrected chi connectivity index (χ0v) is 35.7. The van der Waals surface area contributed by atoms with Crippen LogP contribution in [0.4, 0.5) is 5.69 Å². The van der Waals surface area contributed by atoms with Crippen molar-refractivity contribution in [1.29, 1.82) is 0 Å². The Balaban J connectivity index is 1.02. The van der Waals surface area contributed by atoms with E-state index < -0.39 is 11.5 Å². The van der Waals surface area contributed by atoms with Gasteiger partial charge in [0.25, 0.3) is 0 Å². The first kappa shape index (κ1) is 39.8. The topological polar surface area (TPSA) is 113 Å². The first-order valence-electron chi connectivity index (χ1n) is 22.1. The quantitative estimate of drug-likeness (QED) is 0.173. The molecule has 1 aliphatic heterocycles. The van der Waals surface area contributed by atoms with E-state index in [4.69, 9.17) is 10.5 Å². The summed E-state index contributed by atoms with van der Waals surface area (Å²) < 4.78 is 6.54. The standard InChI is InChI=1S/C50H69NO5/c1-28(2)20-30-22-32(24-33(51)23-30)35-14-11-15-37(35)50(9)45(56-50)39(53)21-29(3)43-38-16-17-42-47(6)26-36(31-12-10-13-34(52)25-31)44(55)46(4,5)41(47)18-19-48(42,7)49(38,8)27-40(43)54/h10,12-13,22-25,28-29,35-37,39,41-42,45,52-53H,11,14-21,26-27,51H2,1-9H3/t29-,35+,36+,37+,39-,41-,42+,45+,47-,48+,49+,50-/m1/s1. The van der Waals surface area contributed by atoms with Crippen LogP contribution in [0.5, 0.6) is 5.75 Å². The highest BCUT2D eigenvalue weighted by Gasteiger charge is 2.69. The summed E-state index contributed by atoms with van der Waals surface area (Å²) in [5.74, 6) is 2.34. The van der Waals surface area contributed by atoms with Gasteiger partial charge in [-0.25, -0.2) is 0 Å². The lowest BCUT2D eigenvalue weighted by atomic mass is 9.35. The number of carbonyl (C=O) groups is 2. The molecular formula is C50H69NO5. The van der Waals surface area contributed by atoms with Crippen LogP contribution < -0.4 is 5.73 Å². The SMILES string of the molecule is CC(C)Cc1cc(N)cc([C@@H]2CCC[C@@H]2[C@@]2(C)O[C@H]2[C@H](O)C[C@@H](C)C2=C3CC[C@H]4[C@]5(C)C[C@@H](c6cccc(O)c6)C(=O)C(C)(C)[C@H]5CC[C@]4(C)[C@@]3(C)CC2=O)c1. The Labute approximate surface area is 336 Å². The average Bonchev–Trinajstić information content (AvgIpc) is 3.42. The molecule has 5 aliphatic carbocycles. The zero-order valence-electron chi connectivity index (χ0n) is 35.7. The van der Waals surface area contributed by atoms with Crippen molar-refractivity contribution in [3.05, 3.63) is 70.3 Å². The van der Waals surface area contributed by atoms with E-state index >= 15 is 0 Å². The third-order valence-corrected chi connectivity index (χ3v) is 17.5. The van der Waals surface area contributed by atoms with E-state index in [2.05, 4.69) is 80.5 Å². The van der Waals surface area contributed by atoms with Crippen LogP contribution >= 0.6 is 0 Å². The van der Waals surface area contributed by atoms with Crippen LogP contribution in [0, 0.1) is 51.2 Å². The van der Waals surface area contributed by atoms with E-state index in [1.54, 1.807) is 12.1 Å². The Hall–Kier alpha value is -2.96. The number of carbonyl (C=O) groups excluding carboxylic acids is 2. The lowest BCUT2D eigenvalue weighted by Crippen LogP contribution is -2.63. The minimum Gasteiger partial charge on any atom is -0.508 e. The minimum atomic E-state index is -0.640. The molecule has 6 aliphatic rings. The fraction of sp³-hybridized carbons (Fsp3) is 0.680. The van der Waals surface area contributed by atoms with Crippen molar-refractivity contribution >= 4 is 17.3 Å². The number of fused-ring (bicyclic) bond motifs is 5. The van der Waals surface area contributed by atoms with E-state index in [9.17, 15) is 19.8 Å². The number of aromatic hydroxyl groups is 1. The van der Waals surface area contributed by atoms with Crippen molar-refractivity contribution in [2.24, 2.45) is 51.2 Å². The summed E-state index contributed by atoms with van der Waals surface area (Å²) in [6, 6.07) is 14.0. The van der Waals surface area contributed by atoms with Crippen LogP contribution in [0.3, 0.4) is 0 Å². The third kappa shape index (κ3) is 5.99. The number of aliphatic hydroxyl groups is 1. The first-order valence-corrected chi connectivity index (χ1v) is 22.1. The second-order valence-corrected chi connectivity index (χ2v) is 21.5. The average molecular weight is 764 g/mol. The molecule has 0 amide bonds. The molecule has 0 radical (unpaired) electrons. The van der Waals surface area contributed by atoms with Gasteiger partial charge in [-0.15, -0.1) is 0 Å². The number of nitrogen functional groups attached to an aromatic ring is 1. The summed E-state index contributed by atoms with van der Waals surface area (Å²) in [6.07, 6.45) is 9.20. The van der Waals surface area contributed by atoms with Crippen LogP contribution in [-0.2, 0) is 20.7 Å². The highest BCUT2D eigenvalue weighted by Crippen LogP contribution is 2.75. The number of ketones is 2. The second-order valence-electron chi connectivity index (χ2n) is 21.5. The van der Waals surface area contributed by atoms with Crippen molar-refractivity contribution in [3.63, 3.8) is 0 Å². The van der Waals surface area contributed by atoms with E-state index in [-0.39, 0.29) is 57.2 Å². The number of anilines is 1. The van der Waals surface area contributed by atoms with Gasteiger partial charge in [-0.05, 0) is 158 Å². The maximum absolute atomic E-state index is 14.4. The molecule has 2 aromatic carbocycles. The number of ether oxygens (including phenoxy) is 1. The van der Waals surface area contributed by atoms with Crippen LogP contribution in [-0.4, -0.2) is 39.6 Å². The summed E-state index contributed by atoms with van der Waals surface area (Å²) in [7, 11) is 0. The van der Waals surface area contributed by atoms with E-state index in [1.165, 1.54) is 16.7 Å². The Bertz CT molecular complexity index is 1950. The molecule has 4 N–H and O–H groups in total. The van der Waals surface area contributed by atoms with Crippen molar-refractivity contribution < 1.29 is 24.5 Å². The van der Waals surface area contributed by atoms with Gasteiger partial charge in [0, 0.05) is 28.9 Å². The van der Waals surface area contributed by atoms with E-state index in [1.807, 2.05) is 12.1 Å². The predicted octanol–water partition coefficient (Wildman–Crippen LogP) is 10.5. The molecule has 5 fully saturated rings. The number of epoxide rings is 1. The Morgan fingerprint density at radius 2 is 1.66 bits per heavy atom. The van der Waals surface area contributed by atoms with Gasteiger partial charge < -0.3 is 20.7 Å². The number of rotatable bonds is 9. The normalized spacial score (nSPS) is 40.0. The molecule has 56 heavy (non-hydrogen) atoms. The molecule has 0 bridgehead atoms. The molecule has 2 aromatic rings. The van der Waals surface area contributed by atoms with Gasteiger partial charge in [0.05, 0.1) is 11.7 Å². The van der Waals surface area contributed by atoms with E-state index in [0.29, 0.717) is 42.3 Å². The monoisotopic (exact) mass is 764 g/mol. The van der Waals surface area contributed by atoms with Gasteiger partial charge in [0.15, 0.2) is 5.78 Å². The number of hydrogen-bond donors (Lipinski definition) is 3. The largest absolute Gasteiger partial charge is 0.508 e. The van der Waals surface area contributed by atoms with Gasteiger partial charge in [0.1, 0.15) is 17.6 Å². The highest BCUT2D eigenvalue weighted by atomic mass is 16.6. The predicted molar refractivity (Wildman–Crippen MR) is 223 cm³/mol. The van der Waals surface area contributed by atoms with Gasteiger partial charge in [-0.2, -0.15) is 0 Å². The third-order valence-electron chi connectivity index (χ3n) is 17.5. The number of hydrogen-bond acceptors (Lipinski definition) is 6. The molecule has 304 valence electrons. The number of benzene rings is 2. The molecule has 6 heteroatoms. The molecule has 12 atom stereocenters. The van der Waals surface area contributed by atoms with Crippen molar-refractivity contribution in [2.75, 3.05) is 5.73 Å². The van der Waals surface area contributed by atoms with Gasteiger partial charge >= 0.3 is 0 Å². The summed E-state index contributed by atoms with van der Waals surface area (Å²) in [4.78, 5) is 28.6. The number of Topliss-reactive ketones (excluding diaryl/α,β-unsaturated/α-hetero) is 2. The van der Waals surface area contributed by atoms with Crippen molar-refractivity contribution in [2.45, 2.75) is 163 Å². The molecule has 4 saturated carbocycles.